The Labute approximate surface area is 142 Å². The second kappa shape index (κ2) is 5.81. The van der Waals surface area contributed by atoms with E-state index < -0.39 is 16.6 Å². The van der Waals surface area contributed by atoms with E-state index >= 15 is 0 Å². The molecular weight excluding hydrogens is 311 g/mol. The summed E-state index contributed by atoms with van der Waals surface area (Å²) in [6, 6.07) is 6.61. The molecule has 1 aromatic rings. The Morgan fingerprint density at radius 2 is 2.08 bits per heavy atom. The lowest BCUT2D eigenvalue weighted by Gasteiger charge is -2.39. The summed E-state index contributed by atoms with van der Waals surface area (Å²) in [6.45, 7) is 5.94. The van der Waals surface area contributed by atoms with E-state index in [4.69, 9.17) is 14.2 Å². The molecule has 0 spiro atoms. The fourth-order valence-corrected chi connectivity index (χ4v) is 4.06. The Kier molecular flexibility index (Phi) is 4.21. The summed E-state index contributed by atoms with van der Waals surface area (Å²) in [7, 11) is 1.40. The monoisotopic (exact) mass is 336 g/mol. The normalized spacial score (nSPS) is 32.1. The highest BCUT2D eigenvalue weighted by molar-refractivity contribution is 5.77. The van der Waals surface area contributed by atoms with Gasteiger partial charge in [0.15, 0.2) is 0 Å². The van der Waals surface area contributed by atoms with Crippen molar-refractivity contribution in [1.29, 1.82) is 0 Å². The molecular formula is C19H25FO4. The van der Waals surface area contributed by atoms with Crippen LogP contribution in [0.4, 0.5) is 4.39 Å². The number of hydrogen-bond acceptors (Lipinski definition) is 4. The lowest BCUT2D eigenvalue weighted by molar-refractivity contribution is -0.172. The van der Waals surface area contributed by atoms with Crippen molar-refractivity contribution in [2.75, 3.05) is 7.11 Å². The molecule has 3 atom stereocenters. The summed E-state index contributed by atoms with van der Waals surface area (Å²) in [6.07, 6.45) is 2.05. The Morgan fingerprint density at radius 1 is 1.38 bits per heavy atom. The van der Waals surface area contributed by atoms with Gasteiger partial charge in [-0.25, -0.2) is 4.39 Å². The first-order valence-electron chi connectivity index (χ1n) is 8.38. The van der Waals surface area contributed by atoms with Gasteiger partial charge in [0.1, 0.15) is 5.82 Å². The molecule has 0 saturated carbocycles. The van der Waals surface area contributed by atoms with Crippen LogP contribution in [0.5, 0.6) is 0 Å². The molecule has 132 valence electrons. The van der Waals surface area contributed by atoms with Crippen molar-refractivity contribution in [3.05, 3.63) is 35.6 Å². The smallest absolute Gasteiger partial charge is 0.314 e. The summed E-state index contributed by atoms with van der Waals surface area (Å²) in [5, 5.41) is 0. The van der Waals surface area contributed by atoms with Crippen molar-refractivity contribution in [2.24, 2.45) is 5.41 Å². The minimum Gasteiger partial charge on any atom is -0.469 e. The molecule has 1 aromatic carbocycles. The van der Waals surface area contributed by atoms with Crippen molar-refractivity contribution in [3.8, 4) is 0 Å². The van der Waals surface area contributed by atoms with Crippen molar-refractivity contribution in [1.82, 2.24) is 0 Å². The summed E-state index contributed by atoms with van der Waals surface area (Å²) < 4.78 is 31.1. The van der Waals surface area contributed by atoms with Gasteiger partial charge in [-0.05, 0) is 39.7 Å². The molecule has 2 heterocycles. The summed E-state index contributed by atoms with van der Waals surface area (Å²) in [5.74, 6) is -0.544. The predicted octanol–water partition coefficient (Wildman–Crippen LogP) is 3.62. The molecule has 2 aliphatic rings. The van der Waals surface area contributed by atoms with Gasteiger partial charge in [0.25, 0.3) is 0 Å². The fourth-order valence-electron chi connectivity index (χ4n) is 4.06. The minimum atomic E-state index is -0.754. The van der Waals surface area contributed by atoms with Crippen LogP contribution in [-0.4, -0.2) is 30.4 Å². The third-order valence-electron chi connectivity index (χ3n) is 5.88. The quantitative estimate of drug-likeness (QED) is 0.771. The summed E-state index contributed by atoms with van der Waals surface area (Å²) >= 11 is 0. The van der Waals surface area contributed by atoms with Crippen molar-refractivity contribution in [3.63, 3.8) is 0 Å². The SMILES string of the molecule is COC(=O)C(C)(C)[C@@]12CC[C@@](C)(O1)[C@@H](OCc1ccccc1F)C2. The van der Waals surface area contributed by atoms with E-state index in [2.05, 4.69) is 0 Å². The van der Waals surface area contributed by atoms with Crippen LogP contribution < -0.4 is 0 Å². The largest absolute Gasteiger partial charge is 0.469 e. The minimum absolute atomic E-state index is 0.171. The molecule has 0 radical (unpaired) electrons. The molecule has 2 bridgehead atoms. The zero-order valence-electron chi connectivity index (χ0n) is 14.7. The van der Waals surface area contributed by atoms with Gasteiger partial charge in [-0.2, -0.15) is 0 Å². The van der Waals surface area contributed by atoms with E-state index in [-0.39, 0.29) is 24.5 Å². The molecule has 24 heavy (non-hydrogen) atoms. The molecule has 4 nitrogen and oxygen atoms in total. The maximum Gasteiger partial charge on any atom is 0.314 e. The molecule has 0 amide bonds. The highest BCUT2D eigenvalue weighted by atomic mass is 19.1. The van der Waals surface area contributed by atoms with E-state index in [9.17, 15) is 9.18 Å². The molecule has 3 rings (SSSR count). The number of benzene rings is 1. The number of fused-ring (bicyclic) bond motifs is 2. The van der Waals surface area contributed by atoms with Gasteiger partial charge >= 0.3 is 5.97 Å². The van der Waals surface area contributed by atoms with Crippen LogP contribution in [-0.2, 0) is 25.6 Å². The van der Waals surface area contributed by atoms with Crippen LogP contribution in [0.15, 0.2) is 24.3 Å². The molecule has 2 saturated heterocycles. The maximum atomic E-state index is 13.8. The van der Waals surface area contributed by atoms with E-state index in [0.29, 0.717) is 12.0 Å². The maximum absolute atomic E-state index is 13.8. The molecule has 0 aromatic heterocycles. The lowest BCUT2D eigenvalue weighted by atomic mass is 9.67. The van der Waals surface area contributed by atoms with Gasteiger partial charge in [0, 0.05) is 12.0 Å². The van der Waals surface area contributed by atoms with Crippen LogP contribution in [0.3, 0.4) is 0 Å². The van der Waals surface area contributed by atoms with E-state index in [1.165, 1.54) is 13.2 Å². The third-order valence-corrected chi connectivity index (χ3v) is 5.88. The standard InChI is InChI=1S/C19H25FO4/c1-17(2,16(21)22-4)19-10-9-18(3,24-19)15(11-19)23-12-13-7-5-6-8-14(13)20/h5-8,15H,9-12H2,1-4H3/t15-,18+,19-/m0/s1. The first-order chi connectivity index (χ1) is 11.2. The fraction of sp³-hybridized carbons (Fsp3) is 0.632. The third kappa shape index (κ3) is 2.54. The molecule has 0 unspecified atom stereocenters. The van der Waals surface area contributed by atoms with Crippen molar-refractivity contribution < 1.29 is 23.4 Å². The van der Waals surface area contributed by atoms with Gasteiger partial charge in [-0.1, -0.05) is 18.2 Å². The van der Waals surface area contributed by atoms with Crippen LogP contribution in [0, 0.1) is 11.2 Å². The van der Waals surface area contributed by atoms with Gasteiger partial charge in [0.05, 0.1) is 36.4 Å². The number of carbonyl (C=O) groups is 1. The van der Waals surface area contributed by atoms with Crippen molar-refractivity contribution >= 4 is 5.97 Å². The average Bonchev–Trinajstić information content (AvgIpc) is 3.05. The number of hydrogen-bond donors (Lipinski definition) is 0. The first-order valence-corrected chi connectivity index (χ1v) is 8.38. The topological polar surface area (TPSA) is 44.8 Å². The van der Waals surface area contributed by atoms with E-state index in [1.807, 2.05) is 20.8 Å². The first kappa shape index (κ1) is 17.4. The predicted molar refractivity (Wildman–Crippen MR) is 86.8 cm³/mol. The Balaban J connectivity index is 1.76. The van der Waals surface area contributed by atoms with Crippen LogP contribution >= 0.6 is 0 Å². The van der Waals surface area contributed by atoms with Gasteiger partial charge in [0.2, 0.25) is 0 Å². The average molecular weight is 336 g/mol. The van der Waals surface area contributed by atoms with Crippen LogP contribution in [0.2, 0.25) is 0 Å². The molecule has 0 N–H and O–H groups in total. The number of methoxy groups -OCH3 is 1. The Bertz CT molecular complexity index is 644. The zero-order chi connectivity index (χ0) is 17.6. The number of rotatable bonds is 5. The zero-order valence-corrected chi connectivity index (χ0v) is 14.7. The number of esters is 1. The van der Waals surface area contributed by atoms with Crippen LogP contribution in [0.25, 0.3) is 0 Å². The highest BCUT2D eigenvalue weighted by Crippen LogP contribution is 2.59. The van der Waals surface area contributed by atoms with E-state index in [0.717, 1.165) is 12.8 Å². The second-order valence-corrected chi connectivity index (χ2v) is 7.62. The highest BCUT2D eigenvalue weighted by Gasteiger charge is 2.67. The second-order valence-electron chi connectivity index (χ2n) is 7.62. The molecule has 2 aliphatic heterocycles. The number of carbonyl (C=O) groups excluding carboxylic acids is 1. The van der Waals surface area contributed by atoms with Gasteiger partial charge < -0.3 is 14.2 Å². The molecule has 2 fully saturated rings. The lowest BCUT2D eigenvalue weighted by Crippen LogP contribution is -2.49. The summed E-state index contributed by atoms with van der Waals surface area (Å²) in [5.41, 5.74) is -1.26. The van der Waals surface area contributed by atoms with E-state index in [1.54, 1.807) is 18.2 Å². The van der Waals surface area contributed by atoms with Gasteiger partial charge in [-0.15, -0.1) is 0 Å². The Morgan fingerprint density at radius 3 is 2.75 bits per heavy atom. The van der Waals surface area contributed by atoms with Crippen molar-refractivity contribution in [2.45, 2.75) is 63.9 Å². The molecule has 5 heteroatoms. The Hall–Kier alpha value is -1.46. The number of halogens is 1. The molecule has 0 aliphatic carbocycles. The van der Waals surface area contributed by atoms with Gasteiger partial charge in [-0.3, -0.25) is 4.79 Å². The van der Waals surface area contributed by atoms with Crippen LogP contribution in [0.1, 0.15) is 45.6 Å². The summed E-state index contributed by atoms with van der Waals surface area (Å²) in [4.78, 5) is 12.2. The number of ether oxygens (including phenoxy) is 3.